The summed E-state index contributed by atoms with van der Waals surface area (Å²) in [6.45, 7) is 0. The average Bonchev–Trinajstić information content (AvgIpc) is 2.38. The summed E-state index contributed by atoms with van der Waals surface area (Å²) in [5, 5.41) is 34.3. The van der Waals surface area contributed by atoms with Gasteiger partial charge in [0, 0.05) is 0 Å². The molecule has 23 heavy (non-hydrogen) atoms. The van der Waals surface area contributed by atoms with E-state index in [1.165, 1.54) is 0 Å². The second-order valence-electron chi connectivity index (χ2n) is 3.45. The largest absolute Gasteiger partial charge is 0.481 e. The zero-order valence-electron chi connectivity index (χ0n) is 11.6. The number of carboxylic acid groups (broad SMARTS) is 4. The molecule has 2 atom stereocenters. The maximum absolute atomic E-state index is 10.1. The molecule has 0 saturated heterocycles. The van der Waals surface area contributed by atoms with E-state index in [4.69, 9.17) is 31.0 Å². The highest BCUT2D eigenvalue weighted by Gasteiger charge is 2.19. The van der Waals surface area contributed by atoms with Gasteiger partial charge in [-0.15, -0.1) is 0 Å². The Morgan fingerprint density at radius 1 is 0.913 bits per heavy atom. The van der Waals surface area contributed by atoms with E-state index in [2.05, 4.69) is 5.73 Å². The van der Waals surface area contributed by atoms with Gasteiger partial charge in [-0.1, -0.05) is 0 Å². The molecule has 13 nitrogen and oxygen atoms in total. The van der Waals surface area contributed by atoms with Crippen LogP contribution in [0.3, 0.4) is 0 Å². The fourth-order valence-electron chi connectivity index (χ4n) is 0.750. The van der Waals surface area contributed by atoms with Gasteiger partial charge in [0.2, 0.25) is 12.8 Å². The smallest absolute Gasteiger partial charge is 0.326 e. The Balaban J connectivity index is -0.000000301. The summed E-state index contributed by atoms with van der Waals surface area (Å²) in [5.41, 5.74) is 9.00. The molecule has 0 aromatic rings. The summed E-state index contributed by atoms with van der Waals surface area (Å²) >= 11 is 0. The first-order valence-electron chi connectivity index (χ1n) is 5.53. The molecule has 0 bridgehead atoms. The predicted molar refractivity (Wildman–Crippen MR) is 71.0 cm³/mol. The molecule has 0 saturated carbocycles. The van der Waals surface area contributed by atoms with Crippen molar-refractivity contribution in [3.63, 3.8) is 0 Å². The van der Waals surface area contributed by atoms with Crippen LogP contribution in [-0.4, -0.2) is 69.2 Å². The lowest BCUT2D eigenvalue weighted by molar-refractivity contribution is -0.146. The lowest BCUT2D eigenvalue weighted by atomic mass is 10.2. The third-order valence-corrected chi connectivity index (χ3v) is 1.66. The highest BCUT2D eigenvalue weighted by molar-refractivity contribution is 5.82. The lowest BCUT2D eigenvalue weighted by Gasteiger charge is -2.06. The molecule has 13 heteroatoms. The minimum atomic E-state index is -1.36. The van der Waals surface area contributed by atoms with Crippen molar-refractivity contribution in [3.05, 3.63) is 0 Å². The Hall–Kier alpha value is -3.22. The van der Waals surface area contributed by atoms with Crippen molar-refractivity contribution in [2.75, 3.05) is 0 Å². The number of nitrogens with two attached hydrogens (primary N) is 2. The van der Waals surface area contributed by atoms with Crippen molar-refractivity contribution >= 4 is 36.7 Å². The minimum absolute atomic E-state index is 0.154. The number of hydrogen-bond donors (Lipinski definition) is 7. The Morgan fingerprint density at radius 2 is 1.30 bits per heavy atom. The van der Waals surface area contributed by atoms with Crippen LogP contribution >= 0.6 is 0 Å². The highest BCUT2D eigenvalue weighted by Crippen LogP contribution is 1.90. The fourth-order valence-corrected chi connectivity index (χ4v) is 0.750. The van der Waals surface area contributed by atoms with Gasteiger partial charge in [-0.3, -0.25) is 24.0 Å². The normalized spacial score (nSPS) is 11.0. The van der Waals surface area contributed by atoms with Crippen LogP contribution in [0.25, 0.3) is 0 Å². The van der Waals surface area contributed by atoms with E-state index >= 15 is 0 Å². The zero-order chi connectivity index (χ0) is 19.0. The van der Waals surface area contributed by atoms with Crippen LogP contribution in [0, 0.1) is 0 Å². The standard InChI is InChI=1S/C5H7NO5.C4H7NO4.CH3NO/c7-2-6-3(5(10)11)1-4(8)9;5-2(4(8)9)1-3(6)7;2-1-3/h2-3H,1H2,(H,6,7)(H,8,9)(H,10,11);2H,1,5H2,(H,6,7)(H,8,9);1H,(H2,2,3)/t3-;2-;/m00./s1. The van der Waals surface area contributed by atoms with Gasteiger partial charge in [-0.05, 0) is 0 Å². The Kier molecular flexibility index (Phi) is 16.3. The Labute approximate surface area is 128 Å². The topological polar surface area (TPSA) is 247 Å². The molecule has 0 radical (unpaired) electrons. The minimum Gasteiger partial charge on any atom is -0.481 e. The van der Waals surface area contributed by atoms with Crippen molar-refractivity contribution in [2.24, 2.45) is 11.5 Å². The average molecular weight is 339 g/mol. The van der Waals surface area contributed by atoms with Gasteiger partial charge in [0.25, 0.3) is 0 Å². The van der Waals surface area contributed by atoms with E-state index in [1.54, 1.807) is 0 Å². The molecule has 9 N–H and O–H groups in total. The number of rotatable bonds is 8. The van der Waals surface area contributed by atoms with E-state index in [9.17, 15) is 24.0 Å². The zero-order valence-corrected chi connectivity index (χ0v) is 11.6. The number of carboxylic acids is 4. The van der Waals surface area contributed by atoms with Gasteiger partial charge in [-0.2, -0.15) is 0 Å². The molecule has 0 aliphatic heterocycles. The van der Waals surface area contributed by atoms with Crippen LogP contribution in [0.4, 0.5) is 0 Å². The van der Waals surface area contributed by atoms with E-state index in [1.807, 2.05) is 5.32 Å². The number of aliphatic carboxylic acids is 4. The Bertz CT molecular complexity index is 425. The van der Waals surface area contributed by atoms with Gasteiger partial charge in [0.15, 0.2) is 0 Å². The van der Waals surface area contributed by atoms with Crippen LogP contribution < -0.4 is 16.8 Å². The molecule has 0 aliphatic rings. The molecule has 2 amide bonds. The summed E-state index contributed by atoms with van der Waals surface area (Å²) in [6.07, 6.45) is -0.745. The monoisotopic (exact) mass is 339 g/mol. The summed E-state index contributed by atoms with van der Waals surface area (Å²) in [5.74, 6) is -5.13. The molecular formula is C10H17N3O10. The number of primary amides is 1. The van der Waals surface area contributed by atoms with Gasteiger partial charge in [0.05, 0.1) is 12.8 Å². The molecule has 132 valence electrons. The van der Waals surface area contributed by atoms with Crippen molar-refractivity contribution < 1.29 is 49.2 Å². The number of carbonyl (C=O) groups excluding carboxylic acids is 2. The first kappa shape index (κ1) is 24.8. The molecule has 0 heterocycles. The Morgan fingerprint density at radius 3 is 1.48 bits per heavy atom. The second kappa shape index (κ2) is 15.2. The van der Waals surface area contributed by atoms with Crippen LogP contribution in [0.15, 0.2) is 0 Å². The number of hydrogen-bond acceptors (Lipinski definition) is 7. The van der Waals surface area contributed by atoms with Gasteiger partial charge in [-0.25, -0.2) is 4.79 Å². The van der Waals surface area contributed by atoms with E-state index in [0.29, 0.717) is 0 Å². The molecule has 0 aromatic carbocycles. The summed E-state index contributed by atoms with van der Waals surface area (Å²) in [6, 6.07) is -2.63. The maximum Gasteiger partial charge on any atom is 0.326 e. The summed E-state index contributed by atoms with van der Waals surface area (Å²) in [4.78, 5) is 58.0. The van der Waals surface area contributed by atoms with Crippen molar-refractivity contribution in [3.8, 4) is 0 Å². The molecule has 0 spiro atoms. The molecule has 0 rings (SSSR count). The third-order valence-electron chi connectivity index (χ3n) is 1.66. The number of nitrogens with one attached hydrogen (secondary N) is 1. The van der Waals surface area contributed by atoms with Crippen molar-refractivity contribution in [1.82, 2.24) is 5.32 Å². The van der Waals surface area contributed by atoms with E-state index < -0.39 is 48.8 Å². The second-order valence-corrected chi connectivity index (χ2v) is 3.45. The van der Waals surface area contributed by atoms with Gasteiger partial charge < -0.3 is 37.2 Å². The third kappa shape index (κ3) is 21.2. The number of carbonyl (C=O) groups is 6. The highest BCUT2D eigenvalue weighted by atomic mass is 16.4. The van der Waals surface area contributed by atoms with Gasteiger partial charge >= 0.3 is 23.9 Å². The SMILES string of the molecule is NC=O.N[C@@H](CC(=O)O)C(=O)O.O=CN[C@@H](CC(=O)O)C(=O)O. The summed E-state index contributed by atoms with van der Waals surface area (Å²) in [7, 11) is 0. The van der Waals surface area contributed by atoms with Crippen molar-refractivity contribution in [1.29, 1.82) is 0 Å². The maximum atomic E-state index is 10.1. The number of amides is 2. The fraction of sp³-hybridized carbons (Fsp3) is 0.400. The quantitative estimate of drug-likeness (QED) is 0.215. The van der Waals surface area contributed by atoms with E-state index in [0.717, 1.165) is 0 Å². The first-order valence-corrected chi connectivity index (χ1v) is 5.53. The molecule has 0 unspecified atom stereocenters. The molecule has 0 aromatic heterocycles. The molecule has 0 aliphatic carbocycles. The first-order chi connectivity index (χ1) is 10.5. The van der Waals surface area contributed by atoms with E-state index in [-0.39, 0.29) is 12.8 Å². The van der Waals surface area contributed by atoms with Crippen LogP contribution in [0.1, 0.15) is 12.8 Å². The van der Waals surface area contributed by atoms with Crippen LogP contribution in [0.2, 0.25) is 0 Å². The van der Waals surface area contributed by atoms with Crippen LogP contribution in [-0.2, 0) is 28.8 Å². The lowest BCUT2D eigenvalue weighted by Crippen LogP contribution is -2.37. The predicted octanol–water partition coefficient (Wildman–Crippen LogP) is -3.37. The van der Waals surface area contributed by atoms with Crippen molar-refractivity contribution in [2.45, 2.75) is 24.9 Å². The summed E-state index contributed by atoms with van der Waals surface area (Å²) < 4.78 is 0. The molecule has 0 fully saturated rings. The van der Waals surface area contributed by atoms with Gasteiger partial charge in [0.1, 0.15) is 12.1 Å². The van der Waals surface area contributed by atoms with Crippen LogP contribution in [0.5, 0.6) is 0 Å². The molecular weight excluding hydrogens is 322 g/mol.